The second kappa shape index (κ2) is 9.14. The normalized spacial score (nSPS) is 19.2. The number of benzene rings is 2. The summed E-state index contributed by atoms with van der Waals surface area (Å²) >= 11 is 0. The molecule has 6 heteroatoms. The predicted octanol–water partition coefficient (Wildman–Crippen LogP) is 2.79. The van der Waals surface area contributed by atoms with Crippen LogP contribution in [0.4, 0.5) is 0 Å². The number of rotatable bonds is 5. The molecule has 0 radical (unpaired) electrons. The van der Waals surface area contributed by atoms with Crippen LogP contribution in [0.3, 0.4) is 0 Å². The smallest absolute Gasteiger partial charge is 0.150 e. The summed E-state index contributed by atoms with van der Waals surface area (Å²) in [4.78, 5) is 4.14. The molecule has 0 unspecified atom stereocenters. The van der Waals surface area contributed by atoms with E-state index in [0.29, 0.717) is 31.3 Å². The Hall–Kier alpha value is -3.11. The maximum absolute atomic E-state index is 9.79. The van der Waals surface area contributed by atoms with Crippen molar-refractivity contribution in [1.82, 2.24) is 9.55 Å². The molecule has 1 saturated heterocycles. The van der Waals surface area contributed by atoms with Crippen molar-refractivity contribution in [3.05, 3.63) is 72.3 Å². The summed E-state index contributed by atoms with van der Waals surface area (Å²) in [5.41, 5.74) is 3.08. The van der Waals surface area contributed by atoms with E-state index in [4.69, 9.17) is 9.47 Å². The molecule has 1 aliphatic heterocycles. The molecule has 1 aromatic heterocycles. The molecule has 2 heterocycles. The van der Waals surface area contributed by atoms with Gasteiger partial charge >= 0.3 is 0 Å². The standard InChI is InChI=1S/C24H24N2O4/c1-17(27)24-25-12-14-26(24)13-2-3-18-4-6-19(7-5-18)20-8-10-21(11-9-20)30-23-16-29-15-22(23)28/h4-12,14,17,22-23,27-28H,13,15-16H2,1H3/t17-,22+,23+/m0/s1. The van der Waals surface area contributed by atoms with Crippen LogP contribution >= 0.6 is 0 Å². The maximum Gasteiger partial charge on any atom is 0.150 e. The van der Waals surface area contributed by atoms with Gasteiger partial charge in [0.05, 0.1) is 19.8 Å². The van der Waals surface area contributed by atoms with Crippen LogP contribution in [0.1, 0.15) is 24.4 Å². The topological polar surface area (TPSA) is 76.7 Å². The van der Waals surface area contributed by atoms with Gasteiger partial charge in [-0.05, 0) is 42.3 Å². The van der Waals surface area contributed by atoms with Crippen LogP contribution in [-0.2, 0) is 11.3 Å². The van der Waals surface area contributed by atoms with Crippen molar-refractivity contribution in [2.45, 2.75) is 31.8 Å². The Morgan fingerprint density at radius 2 is 1.83 bits per heavy atom. The Labute approximate surface area is 175 Å². The van der Waals surface area contributed by atoms with Gasteiger partial charge in [0, 0.05) is 18.0 Å². The molecule has 0 saturated carbocycles. The highest BCUT2D eigenvalue weighted by molar-refractivity contribution is 5.65. The fourth-order valence-corrected chi connectivity index (χ4v) is 3.33. The Kier molecular flexibility index (Phi) is 6.15. The summed E-state index contributed by atoms with van der Waals surface area (Å²) < 4.78 is 12.8. The third kappa shape index (κ3) is 4.71. The highest BCUT2D eigenvalue weighted by Crippen LogP contribution is 2.24. The Bertz CT molecular complexity index is 1030. The Morgan fingerprint density at radius 1 is 1.13 bits per heavy atom. The van der Waals surface area contributed by atoms with Crippen LogP contribution in [0.25, 0.3) is 11.1 Å². The monoisotopic (exact) mass is 404 g/mol. The zero-order valence-electron chi connectivity index (χ0n) is 16.7. The highest BCUT2D eigenvalue weighted by atomic mass is 16.6. The van der Waals surface area contributed by atoms with Gasteiger partial charge in [-0.3, -0.25) is 0 Å². The number of aliphatic hydroxyl groups is 2. The molecule has 1 aliphatic rings. The molecule has 6 nitrogen and oxygen atoms in total. The summed E-state index contributed by atoms with van der Waals surface area (Å²) in [6, 6.07) is 15.8. The van der Waals surface area contributed by atoms with E-state index in [1.165, 1.54) is 0 Å². The third-order valence-electron chi connectivity index (χ3n) is 4.96. The van der Waals surface area contributed by atoms with Crippen molar-refractivity contribution >= 4 is 0 Å². The SMILES string of the molecule is C[C@H](O)c1nccn1CC#Cc1ccc(-c2ccc(O[C@@H]3COC[C@H]3O)cc2)cc1. The fourth-order valence-electron chi connectivity index (χ4n) is 3.33. The van der Waals surface area contributed by atoms with Gasteiger partial charge < -0.3 is 24.3 Å². The first-order chi connectivity index (χ1) is 14.6. The zero-order chi connectivity index (χ0) is 20.9. The molecule has 0 bridgehead atoms. The maximum atomic E-state index is 9.79. The van der Waals surface area contributed by atoms with Gasteiger partial charge in [-0.1, -0.05) is 36.1 Å². The number of ether oxygens (including phenoxy) is 2. The van der Waals surface area contributed by atoms with Gasteiger partial charge in [0.2, 0.25) is 0 Å². The largest absolute Gasteiger partial charge is 0.485 e. The molecule has 2 aromatic carbocycles. The van der Waals surface area contributed by atoms with Crippen molar-refractivity contribution in [3.63, 3.8) is 0 Å². The molecule has 0 spiro atoms. The van der Waals surface area contributed by atoms with Crippen molar-refractivity contribution < 1.29 is 19.7 Å². The number of nitrogens with zero attached hydrogens (tertiary/aromatic N) is 2. The number of aliphatic hydroxyl groups excluding tert-OH is 2. The number of aromatic nitrogens is 2. The minimum atomic E-state index is -0.616. The predicted molar refractivity (Wildman–Crippen MR) is 113 cm³/mol. The van der Waals surface area contributed by atoms with E-state index in [0.717, 1.165) is 16.7 Å². The van der Waals surface area contributed by atoms with Gasteiger partial charge in [-0.25, -0.2) is 4.98 Å². The lowest BCUT2D eigenvalue weighted by atomic mass is 10.0. The number of hydrogen-bond donors (Lipinski definition) is 2. The van der Waals surface area contributed by atoms with E-state index in [2.05, 4.69) is 16.8 Å². The summed E-state index contributed by atoms with van der Waals surface area (Å²) in [7, 11) is 0. The number of imidazole rings is 1. The van der Waals surface area contributed by atoms with E-state index >= 15 is 0 Å². The fraction of sp³-hybridized carbons (Fsp3) is 0.292. The molecule has 0 aliphatic carbocycles. The third-order valence-corrected chi connectivity index (χ3v) is 4.96. The van der Waals surface area contributed by atoms with Gasteiger partial charge in [-0.2, -0.15) is 0 Å². The lowest BCUT2D eigenvalue weighted by Crippen LogP contribution is -2.29. The summed E-state index contributed by atoms with van der Waals surface area (Å²) in [5.74, 6) is 7.59. The minimum absolute atomic E-state index is 0.312. The second-order valence-corrected chi connectivity index (χ2v) is 7.25. The molecule has 30 heavy (non-hydrogen) atoms. The van der Waals surface area contributed by atoms with Crippen molar-refractivity contribution in [3.8, 4) is 28.7 Å². The average molecular weight is 404 g/mol. The molecular weight excluding hydrogens is 380 g/mol. The Morgan fingerprint density at radius 3 is 2.47 bits per heavy atom. The molecule has 3 aromatic rings. The molecule has 154 valence electrons. The van der Waals surface area contributed by atoms with Gasteiger partial charge in [0.1, 0.15) is 29.9 Å². The van der Waals surface area contributed by atoms with E-state index in [-0.39, 0.29) is 6.10 Å². The van der Waals surface area contributed by atoms with Crippen molar-refractivity contribution in [2.24, 2.45) is 0 Å². The quantitative estimate of drug-likeness (QED) is 0.640. The van der Waals surface area contributed by atoms with Gasteiger partial charge in [-0.15, -0.1) is 0 Å². The van der Waals surface area contributed by atoms with Gasteiger partial charge in [0.15, 0.2) is 0 Å². The van der Waals surface area contributed by atoms with Gasteiger partial charge in [0.25, 0.3) is 0 Å². The Balaban J connectivity index is 1.38. The van der Waals surface area contributed by atoms with E-state index in [1.807, 2.05) is 59.3 Å². The van der Waals surface area contributed by atoms with E-state index in [1.54, 1.807) is 13.1 Å². The zero-order valence-corrected chi connectivity index (χ0v) is 16.7. The average Bonchev–Trinajstić information content (AvgIpc) is 3.38. The minimum Gasteiger partial charge on any atom is -0.485 e. The second-order valence-electron chi connectivity index (χ2n) is 7.25. The molecule has 0 amide bonds. The highest BCUT2D eigenvalue weighted by Gasteiger charge is 2.27. The van der Waals surface area contributed by atoms with Crippen LogP contribution in [-0.4, -0.2) is 45.2 Å². The summed E-state index contributed by atoms with van der Waals surface area (Å²) in [5, 5.41) is 19.5. The molecular formula is C24H24N2O4. The van der Waals surface area contributed by atoms with Crippen molar-refractivity contribution in [1.29, 1.82) is 0 Å². The molecule has 4 rings (SSSR count). The van der Waals surface area contributed by atoms with E-state index < -0.39 is 12.2 Å². The molecule has 3 atom stereocenters. The van der Waals surface area contributed by atoms with Crippen LogP contribution in [0.15, 0.2) is 60.9 Å². The lowest BCUT2D eigenvalue weighted by molar-refractivity contribution is 0.0733. The summed E-state index contributed by atoms with van der Waals surface area (Å²) in [6.07, 6.45) is 1.97. The molecule has 1 fully saturated rings. The first kappa shape index (κ1) is 20.2. The van der Waals surface area contributed by atoms with E-state index in [9.17, 15) is 10.2 Å². The van der Waals surface area contributed by atoms with Crippen LogP contribution < -0.4 is 4.74 Å². The van der Waals surface area contributed by atoms with Crippen molar-refractivity contribution in [2.75, 3.05) is 13.2 Å². The van der Waals surface area contributed by atoms with Crippen LogP contribution in [0, 0.1) is 11.8 Å². The first-order valence-corrected chi connectivity index (χ1v) is 9.91. The summed E-state index contributed by atoms with van der Waals surface area (Å²) in [6.45, 7) is 2.90. The molecule has 2 N–H and O–H groups in total. The van der Waals surface area contributed by atoms with Crippen LogP contribution in [0.5, 0.6) is 5.75 Å². The van der Waals surface area contributed by atoms with Crippen LogP contribution in [0.2, 0.25) is 0 Å². The number of hydrogen-bond acceptors (Lipinski definition) is 5. The lowest BCUT2D eigenvalue weighted by Gasteiger charge is -2.15. The first-order valence-electron chi connectivity index (χ1n) is 9.91.